The Bertz CT molecular complexity index is 87.9. The van der Waals surface area contributed by atoms with Crippen LogP contribution in [0.3, 0.4) is 0 Å². The zero-order valence-electron chi connectivity index (χ0n) is 6.41. The molecule has 8 heavy (non-hydrogen) atoms. The summed E-state index contributed by atoms with van der Waals surface area (Å²) in [4.78, 5) is 0. The SMILES string of the molecule is CC(C)(C)C1(C)CC1. The summed E-state index contributed by atoms with van der Waals surface area (Å²) < 4.78 is 0. The van der Waals surface area contributed by atoms with Crippen LogP contribution < -0.4 is 0 Å². The molecule has 0 spiro atoms. The summed E-state index contributed by atoms with van der Waals surface area (Å²) in [6, 6.07) is 0. The Balaban J connectivity index is 2.58. The molecule has 0 aromatic carbocycles. The van der Waals surface area contributed by atoms with Crippen molar-refractivity contribution in [2.24, 2.45) is 10.8 Å². The molecular formula is C8H16. The predicted octanol–water partition coefficient (Wildman–Crippen LogP) is 2.83. The van der Waals surface area contributed by atoms with Crippen molar-refractivity contribution < 1.29 is 0 Å². The zero-order chi connectivity index (χ0) is 6.41. The minimum atomic E-state index is 0.549. The van der Waals surface area contributed by atoms with E-state index in [0.717, 1.165) is 0 Å². The van der Waals surface area contributed by atoms with E-state index in [1.54, 1.807) is 0 Å². The Labute approximate surface area is 52.3 Å². The van der Waals surface area contributed by atoms with E-state index in [9.17, 15) is 0 Å². The normalized spacial score (nSPS) is 25.5. The van der Waals surface area contributed by atoms with E-state index in [-0.39, 0.29) is 0 Å². The van der Waals surface area contributed by atoms with Gasteiger partial charge in [-0.1, -0.05) is 27.7 Å². The average Bonchev–Trinajstić information content (AvgIpc) is 2.16. The van der Waals surface area contributed by atoms with Gasteiger partial charge < -0.3 is 0 Å². The molecule has 1 saturated carbocycles. The van der Waals surface area contributed by atoms with Crippen LogP contribution in [0.1, 0.15) is 40.5 Å². The molecule has 0 unspecified atom stereocenters. The number of rotatable bonds is 0. The van der Waals surface area contributed by atoms with E-state index < -0.39 is 0 Å². The van der Waals surface area contributed by atoms with E-state index in [2.05, 4.69) is 27.7 Å². The largest absolute Gasteiger partial charge is 0.0597 e. The van der Waals surface area contributed by atoms with Crippen molar-refractivity contribution in [3.63, 3.8) is 0 Å². The van der Waals surface area contributed by atoms with Crippen LogP contribution in [0.2, 0.25) is 0 Å². The molecule has 0 heteroatoms. The van der Waals surface area contributed by atoms with Crippen LogP contribution in [0.5, 0.6) is 0 Å². The molecule has 1 rings (SSSR count). The van der Waals surface area contributed by atoms with Crippen LogP contribution in [-0.4, -0.2) is 0 Å². The first-order valence-corrected chi connectivity index (χ1v) is 3.46. The summed E-state index contributed by atoms with van der Waals surface area (Å²) in [6.07, 6.45) is 2.88. The molecule has 0 nitrogen and oxygen atoms in total. The van der Waals surface area contributed by atoms with Gasteiger partial charge in [0.05, 0.1) is 0 Å². The van der Waals surface area contributed by atoms with Gasteiger partial charge in [-0.05, 0) is 23.7 Å². The van der Waals surface area contributed by atoms with Crippen LogP contribution in [-0.2, 0) is 0 Å². The van der Waals surface area contributed by atoms with Crippen LogP contribution in [0.15, 0.2) is 0 Å². The Morgan fingerprint density at radius 2 is 1.50 bits per heavy atom. The highest BCUT2D eigenvalue weighted by Crippen LogP contribution is 2.57. The third-order valence-corrected chi connectivity index (χ3v) is 2.81. The molecule has 0 aliphatic heterocycles. The lowest BCUT2D eigenvalue weighted by Gasteiger charge is -2.26. The van der Waals surface area contributed by atoms with Gasteiger partial charge in [-0.25, -0.2) is 0 Å². The minimum Gasteiger partial charge on any atom is -0.0597 e. The smallest absolute Gasteiger partial charge is 0.0277 e. The summed E-state index contributed by atoms with van der Waals surface area (Å²) in [7, 11) is 0. The van der Waals surface area contributed by atoms with Gasteiger partial charge in [0.1, 0.15) is 0 Å². The van der Waals surface area contributed by atoms with Crippen LogP contribution in [0.4, 0.5) is 0 Å². The molecule has 1 aliphatic carbocycles. The highest BCUT2D eigenvalue weighted by molar-refractivity contribution is 4.97. The molecule has 48 valence electrons. The fourth-order valence-electron chi connectivity index (χ4n) is 0.937. The molecule has 0 aromatic rings. The van der Waals surface area contributed by atoms with Crippen molar-refractivity contribution in [3.8, 4) is 0 Å². The van der Waals surface area contributed by atoms with Crippen molar-refractivity contribution >= 4 is 0 Å². The number of hydrogen-bond donors (Lipinski definition) is 0. The molecule has 0 radical (unpaired) electrons. The quantitative estimate of drug-likeness (QED) is 0.452. The molecule has 0 atom stereocenters. The molecule has 0 N–H and O–H groups in total. The maximum Gasteiger partial charge on any atom is -0.0277 e. The summed E-state index contributed by atoms with van der Waals surface area (Å²) in [5.41, 5.74) is 1.24. The minimum absolute atomic E-state index is 0.549. The van der Waals surface area contributed by atoms with Crippen molar-refractivity contribution in [1.82, 2.24) is 0 Å². The van der Waals surface area contributed by atoms with Crippen molar-refractivity contribution in [2.75, 3.05) is 0 Å². The van der Waals surface area contributed by atoms with Crippen LogP contribution >= 0.6 is 0 Å². The lowest BCUT2D eigenvalue weighted by molar-refractivity contribution is 0.237. The van der Waals surface area contributed by atoms with E-state index in [1.165, 1.54) is 12.8 Å². The van der Waals surface area contributed by atoms with Crippen molar-refractivity contribution in [2.45, 2.75) is 40.5 Å². The van der Waals surface area contributed by atoms with Gasteiger partial charge in [-0.15, -0.1) is 0 Å². The highest BCUT2D eigenvalue weighted by Gasteiger charge is 2.46. The second-order valence-corrected chi connectivity index (χ2v) is 4.31. The van der Waals surface area contributed by atoms with Crippen molar-refractivity contribution in [3.05, 3.63) is 0 Å². The third-order valence-electron chi connectivity index (χ3n) is 2.81. The fraction of sp³-hybridized carbons (Fsp3) is 1.00. The molecule has 0 heterocycles. The summed E-state index contributed by atoms with van der Waals surface area (Å²) in [5, 5.41) is 0. The van der Waals surface area contributed by atoms with E-state index in [4.69, 9.17) is 0 Å². The standard InChI is InChI=1S/C8H16/c1-7(2,3)8(4)5-6-8/h5-6H2,1-4H3. The lowest BCUT2D eigenvalue weighted by Crippen LogP contribution is -2.17. The first kappa shape index (κ1) is 6.12. The maximum atomic E-state index is 2.38. The Hall–Kier alpha value is 0. The second kappa shape index (κ2) is 1.29. The Morgan fingerprint density at radius 3 is 1.50 bits per heavy atom. The van der Waals surface area contributed by atoms with E-state index in [1.807, 2.05) is 0 Å². The van der Waals surface area contributed by atoms with E-state index >= 15 is 0 Å². The topological polar surface area (TPSA) is 0 Å². The zero-order valence-corrected chi connectivity index (χ0v) is 6.41. The maximum absolute atomic E-state index is 2.38. The van der Waals surface area contributed by atoms with Gasteiger partial charge in [0.25, 0.3) is 0 Å². The van der Waals surface area contributed by atoms with Gasteiger partial charge in [-0.3, -0.25) is 0 Å². The molecule has 0 saturated heterocycles. The third kappa shape index (κ3) is 0.765. The molecule has 1 fully saturated rings. The predicted molar refractivity (Wildman–Crippen MR) is 36.8 cm³/mol. The van der Waals surface area contributed by atoms with Gasteiger partial charge >= 0.3 is 0 Å². The molecule has 1 aliphatic rings. The Morgan fingerprint density at radius 1 is 1.12 bits per heavy atom. The van der Waals surface area contributed by atoms with Crippen LogP contribution in [0, 0.1) is 10.8 Å². The molecule has 0 bridgehead atoms. The molecule has 0 aromatic heterocycles. The molecule has 0 amide bonds. The first-order chi connectivity index (χ1) is 3.46. The summed E-state index contributed by atoms with van der Waals surface area (Å²) in [6.45, 7) is 9.38. The first-order valence-electron chi connectivity index (χ1n) is 3.46. The van der Waals surface area contributed by atoms with Gasteiger partial charge in [0.2, 0.25) is 0 Å². The average molecular weight is 112 g/mol. The lowest BCUT2D eigenvalue weighted by atomic mass is 9.79. The van der Waals surface area contributed by atoms with Gasteiger partial charge in [0.15, 0.2) is 0 Å². The Kier molecular flexibility index (Phi) is 0.984. The van der Waals surface area contributed by atoms with Gasteiger partial charge in [0, 0.05) is 0 Å². The molecular weight excluding hydrogens is 96.1 g/mol. The summed E-state index contributed by atoms with van der Waals surface area (Å²) in [5.74, 6) is 0. The van der Waals surface area contributed by atoms with Crippen LogP contribution in [0.25, 0.3) is 0 Å². The van der Waals surface area contributed by atoms with Crippen molar-refractivity contribution in [1.29, 1.82) is 0 Å². The van der Waals surface area contributed by atoms with E-state index in [0.29, 0.717) is 10.8 Å². The highest BCUT2D eigenvalue weighted by atomic mass is 14.5. The monoisotopic (exact) mass is 112 g/mol. The van der Waals surface area contributed by atoms with Gasteiger partial charge in [-0.2, -0.15) is 0 Å². The fourth-order valence-corrected chi connectivity index (χ4v) is 0.937. The number of hydrogen-bond acceptors (Lipinski definition) is 0. The second-order valence-electron chi connectivity index (χ2n) is 4.31. The summed E-state index contributed by atoms with van der Waals surface area (Å²) >= 11 is 0.